The van der Waals surface area contributed by atoms with Gasteiger partial charge in [0.25, 0.3) is 6.02 Å². The van der Waals surface area contributed by atoms with Crippen LogP contribution in [0.1, 0.15) is 18.1 Å². The van der Waals surface area contributed by atoms with Crippen molar-refractivity contribution >= 4 is 6.02 Å². The lowest BCUT2D eigenvalue weighted by molar-refractivity contribution is 0.157. The number of nitrogens with zero attached hydrogens (tertiary/aromatic N) is 1. The normalized spacial score (nSPS) is 27.4. The first-order valence-electron chi connectivity index (χ1n) is 6.94. The molecule has 1 aromatic carbocycles. The molecule has 4 rings (SSSR count). The molecule has 0 saturated heterocycles. The maximum absolute atomic E-state index is 5.77. The number of nitrogens with two attached hydrogens (primary N) is 1. The highest BCUT2D eigenvalue weighted by Gasteiger charge is 2.48. The van der Waals surface area contributed by atoms with Gasteiger partial charge in [0.05, 0.1) is 0 Å². The minimum Gasteiger partial charge on any atom is -0.460 e. The van der Waals surface area contributed by atoms with Gasteiger partial charge < -0.3 is 15.5 Å². The van der Waals surface area contributed by atoms with E-state index in [1.807, 2.05) is 12.4 Å². The molecule has 4 heteroatoms. The van der Waals surface area contributed by atoms with Crippen LogP contribution in [0, 0.1) is 0 Å². The van der Waals surface area contributed by atoms with Crippen LogP contribution in [0.5, 0.6) is 0 Å². The van der Waals surface area contributed by atoms with Gasteiger partial charge in [-0.05, 0) is 35.2 Å². The van der Waals surface area contributed by atoms with E-state index in [4.69, 9.17) is 10.5 Å². The molecule has 0 amide bonds. The van der Waals surface area contributed by atoms with Crippen molar-refractivity contribution in [2.45, 2.75) is 31.4 Å². The molecule has 1 spiro atoms. The van der Waals surface area contributed by atoms with E-state index in [9.17, 15) is 0 Å². The van der Waals surface area contributed by atoms with Crippen molar-refractivity contribution in [2.75, 3.05) is 0 Å². The van der Waals surface area contributed by atoms with Crippen LogP contribution in [0.4, 0.5) is 0 Å². The van der Waals surface area contributed by atoms with E-state index in [1.165, 1.54) is 22.3 Å². The van der Waals surface area contributed by atoms with E-state index >= 15 is 0 Å². The van der Waals surface area contributed by atoms with Crippen LogP contribution in [0.3, 0.4) is 0 Å². The second-order valence-corrected chi connectivity index (χ2v) is 5.71. The number of ether oxygens (including phenoxy) is 1. The van der Waals surface area contributed by atoms with Gasteiger partial charge in [0.2, 0.25) is 0 Å². The standard InChI is InChI=1S/C16H17N3O/c1-10-16(19-15(17)20-10)7-11-3-2-4-13(14(11)8-16)12-5-6-18-9-12/h2-6,9-10,18H,7-8H2,1H3,(H2,17,19)/t10-,16-/m1/s1. The molecule has 0 radical (unpaired) electrons. The second-order valence-electron chi connectivity index (χ2n) is 5.71. The van der Waals surface area contributed by atoms with Crippen molar-refractivity contribution in [3.05, 3.63) is 47.8 Å². The molecule has 1 aromatic heterocycles. The summed E-state index contributed by atoms with van der Waals surface area (Å²) in [5, 5.41) is 0. The maximum Gasteiger partial charge on any atom is 0.282 e. The minimum absolute atomic E-state index is 0.0361. The highest BCUT2D eigenvalue weighted by atomic mass is 16.5. The number of benzene rings is 1. The van der Waals surface area contributed by atoms with Crippen LogP contribution in [0.25, 0.3) is 11.1 Å². The molecule has 2 aliphatic rings. The molecule has 0 unspecified atom stereocenters. The zero-order chi connectivity index (χ0) is 13.7. The van der Waals surface area contributed by atoms with Crippen LogP contribution in [0.2, 0.25) is 0 Å². The molecule has 102 valence electrons. The average Bonchev–Trinajstić information content (AvgIpc) is 3.09. The maximum atomic E-state index is 5.77. The van der Waals surface area contributed by atoms with Crippen LogP contribution in [0.15, 0.2) is 41.7 Å². The number of amidine groups is 1. The Labute approximate surface area is 117 Å². The van der Waals surface area contributed by atoms with Crippen LogP contribution < -0.4 is 5.73 Å². The Kier molecular flexibility index (Phi) is 2.25. The Hall–Kier alpha value is -2.23. The third-order valence-electron chi connectivity index (χ3n) is 4.55. The Morgan fingerprint density at radius 3 is 2.95 bits per heavy atom. The Morgan fingerprint density at radius 1 is 1.35 bits per heavy atom. The molecule has 0 bridgehead atoms. The zero-order valence-electron chi connectivity index (χ0n) is 11.4. The van der Waals surface area contributed by atoms with Gasteiger partial charge in [-0.3, -0.25) is 0 Å². The lowest BCUT2D eigenvalue weighted by atomic mass is 9.90. The number of aliphatic imine (C=N–C) groups is 1. The van der Waals surface area contributed by atoms with Gasteiger partial charge in [-0.25, -0.2) is 4.99 Å². The summed E-state index contributed by atoms with van der Waals surface area (Å²) in [4.78, 5) is 7.73. The molecule has 2 atom stereocenters. The summed E-state index contributed by atoms with van der Waals surface area (Å²) in [6, 6.07) is 8.92. The first-order valence-corrected chi connectivity index (χ1v) is 6.94. The highest BCUT2D eigenvalue weighted by molar-refractivity contribution is 5.76. The number of hydrogen-bond acceptors (Lipinski definition) is 3. The number of fused-ring (bicyclic) bond motifs is 1. The number of hydrogen-bond donors (Lipinski definition) is 2. The lowest BCUT2D eigenvalue weighted by Crippen LogP contribution is -2.36. The first-order chi connectivity index (χ1) is 9.68. The van der Waals surface area contributed by atoms with Crippen LogP contribution in [-0.2, 0) is 17.6 Å². The van der Waals surface area contributed by atoms with Gasteiger partial charge in [0.1, 0.15) is 11.6 Å². The summed E-state index contributed by atoms with van der Waals surface area (Å²) in [7, 11) is 0. The van der Waals surface area contributed by atoms with Crippen molar-refractivity contribution in [3.63, 3.8) is 0 Å². The largest absolute Gasteiger partial charge is 0.460 e. The van der Waals surface area contributed by atoms with Crippen molar-refractivity contribution < 1.29 is 4.74 Å². The zero-order valence-corrected chi connectivity index (χ0v) is 11.4. The molecule has 2 aromatic rings. The highest BCUT2D eigenvalue weighted by Crippen LogP contribution is 2.43. The van der Waals surface area contributed by atoms with Crippen LogP contribution >= 0.6 is 0 Å². The third-order valence-corrected chi connectivity index (χ3v) is 4.55. The van der Waals surface area contributed by atoms with E-state index in [1.54, 1.807) is 0 Å². The predicted molar refractivity (Wildman–Crippen MR) is 78.5 cm³/mol. The molecule has 1 aliphatic heterocycles. The Bertz CT molecular complexity index is 690. The molecule has 1 aliphatic carbocycles. The van der Waals surface area contributed by atoms with Gasteiger partial charge in [0.15, 0.2) is 0 Å². The molecule has 20 heavy (non-hydrogen) atoms. The predicted octanol–water partition coefficient (Wildman–Crippen LogP) is 2.25. The number of rotatable bonds is 1. The summed E-state index contributed by atoms with van der Waals surface area (Å²) in [5.41, 5.74) is 10.8. The Balaban J connectivity index is 1.81. The van der Waals surface area contributed by atoms with Crippen molar-refractivity contribution in [2.24, 2.45) is 10.7 Å². The number of nitrogens with one attached hydrogen (secondary N) is 1. The molecule has 2 heterocycles. The first kappa shape index (κ1) is 11.6. The van der Waals surface area contributed by atoms with Crippen molar-refractivity contribution in [1.29, 1.82) is 0 Å². The minimum atomic E-state index is -0.209. The summed E-state index contributed by atoms with van der Waals surface area (Å²) in [6.45, 7) is 2.06. The van der Waals surface area contributed by atoms with Gasteiger partial charge in [-0.15, -0.1) is 0 Å². The number of aromatic amines is 1. The smallest absolute Gasteiger partial charge is 0.282 e. The Morgan fingerprint density at radius 2 is 2.25 bits per heavy atom. The SMILES string of the molecule is C[C@H]1OC(N)=N[C@@]12Cc1cccc(-c3cc[nH]c3)c1C2. The van der Waals surface area contributed by atoms with E-state index in [0.717, 1.165) is 12.8 Å². The lowest BCUT2D eigenvalue weighted by Gasteiger charge is -2.23. The van der Waals surface area contributed by atoms with E-state index < -0.39 is 0 Å². The van der Waals surface area contributed by atoms with Gasteiger partial charge in [0, 0.05) is 25.2 Å². The number of H-pyrrole nitrogens is 1. The molecule has 3 N–H and O–H groups in total. The molecular formula is C16H17N3O. The third kappa shape index (κ3) is 1.51. The molecule has 0 saturated carbocycles. The van der Waals surface area contributed by atoms with Gasteiger partial charge in [-0.2, -0.15) is 0 Å². The topological polar surface area (TPSA) is 63.4 Å². The summed E-state index contributed by atoms with van der Waals surface area (Å²) in [5.74, 6) is 0. The van der Waals surface area contributed by atoms with Gasteiger partial charge in [-0.1, -0.05) is 18.2 Å². The van der Waals surface area contributed by atoms with Crippen LogP contribution in [-0.4, -0.2) is 22.6 Å². The van der Waals surface area contributed by atoms with E-state index in [-0.39, 0.29) is 11.6 Å². The molecule has 0 fully saturated rings. The summed E-state index contributed by atoms with van der Waals surface area (Å²) >= 11 is 0. The quantitative estimate of drug-likeness (QED) is 0.832. The van der Waals surface area contributed by atoms with Crippen molar-refractivity contribution in [3.8, 4) is 11.1 Å². The fourth-order valence-electron chi connectivity index (χ4n) is 3.46. The van der Waals surface area contributed by atoms with E-state index in [0.29, 0.717) is 6.02 Å². The average molecular weight is 267 g/mol. The molecular weight excluding hydrogens is 250 g/mol. The van der Waals surface area contributed by atoms with E-state index in [2.05, 4.69) is 41.2 Å². The fraction of sp³-hybridized carbons (Fsp3) is 0.312. The summed E-state index contributed by atoms with van der Waals surface area (Å²) < 4.78 is 5.58. The number of aromatic nitrogens is 1. The molecule has 4 nitrogen and oxygen atoms in total. The van der Waals surface area contributed by atoms with Crippen molar-refractivity contribution in [1.82, 2.24) is 4.98 Å². The summed E-state index contributed by atoms with van der Waals surface area (Å²) in [6.07, 6.45) is 5.83. The monoisotopic (exact) mass is 267 g/mol. The fourth-order valence-corrected chi connectivity index (χ4v) is 3.46. The van der Waals surface area contributed by atoms with Gasteiger partial charge >= 0.3 is 0 Å². The second kappa shape index (κ2) is 3.88.